The normalized spacial score (nSPS) is 31.5. The van der Waals surface area contributed by atoms with E-state index in [0.29, 0.717) is 0 Å². The van der Waals surface area contributed by atoms with E-state index in [-0.39, 0.29) is 6.42 Å². The summed E-state index contributed by atoms with van der Waals surface area (Å²) in [4.78, 5) is 30.3. The Hall–Kier alpha value is -1.14. The number of nitrogens with one attached hydrogen (secondary N) is 1. The van der Waals surface area contributed by atoms with Crippen LogP contribution < -0.4 is 11.4 Å². The molecule has 0 radical (unpaired) electrons. The Morgan fingerprint density at radius 2 is 2.00 bits per heavy atom. The number of rotatable bonds is 0. The summed E-state index contributed by atoms with van der Waals surface area (Å²) < 4.78 is 0. The first-order valence-electron chi connectivity index (χ1n) is 3.53. The zero-order valence-electron chi connectivity index (χ0n) is 6.57. The molecule has 0 bridgehead atoms. The zero-order chi connectivity index (χ0) is 9.14. The van der Waals surface area contributed by atoms with Crippen LogP contribution in [0.1, 0.15) is 13.3 Å². The van der Waals surface area contributed by atoms with Crippen molar-refractivity contribution >= 4 is 11.9 Å². The lowest BCUT2D eigenvalue weighted by atomic mass is 10.0. The molecule has 0 aromatic carbocycles. The Morgan fingerprint density at radius 3 is 2.67 bits per heavy atom. The maximum atomic E-state index is 10.9. The lowest BCUT2D eigenvalue weighted by molar-refractivity contribution is -0.206. The van der Waals surface area contributed by atoms with Crippen molar-refractivity contribution in [2.45, 2.75) is 19.4 Å². The molecule has 6 heteroatoms. The highest BCUT2D eigenvalue weighted by atomic mass is 16.9. The summed E-state index contributed by atoms with van der Waals surface area (Å²) in [6.07, 6.45) is 0.235. The number of hydrogen-bond acceptors (Lipinski definition) is 6. The molecule has 2 unspecified atom stereocenters. The van der Waals surface area contributed by atoms with Crippen molar-refractivity contribution < 1.29 is 19.3 Å². The van der Waals surface area contributed by atoms with Crippen LogP contribution in [0.3, 0.4) is 0 Å². The van der Waals surface area contributed by atoms with Crippen molar-refractivity contribution in [3.8, 4) is 0 Å². The molecule has 0 aromatic rings. The minimum absolute atomic E-state index is 0.235. The van der Waals surface area contributed by atoms with Crippen LogP contribution in [0.2, 0.25) is 0 Å². The molecular weight excluding hydrogens is 164 g/mol. The summed E-state index contributed by atoms with van der Waals surface area (Å²) in [5.41, 5.74) is 7.15. The van der Waals surface area contributed by atoms with E-state index in [0.717, 1.165) is 0 Å². The molecule has 1 heterocycles. The zero-order valence-corrected chi connectivity index (χ0v) is 6.57. The second-order valence-corrected chi connectivity index (χ2v) is 2.67. The van der Waals surface area contributed by atoms with Crippen LogP contribution in [-0.4, -0.2) is 18.0 Å². The van der Waals surface area contributed by atoms with Gasteiger partial charge in [-0.2, -0.15) is 0 Å². The molecule has 12 heavy (non-hydrogen) atoms. The van der Waals surface area contributed by atoms with Crippen LogP contribution in [0.25, 0.3) is 0 Å². The van der Waals surface area contributed by atoms with Gasteiger partial charge >= 0.3 is 11.9 Å². The van der Waals surface area contributed by atoms with Gasteiger partial charge in [-0.05, 0) is 6.42 Å². The standard InChI is InChI=1S/C6H10N2O4/c1-3-2-4(7)6(10)12-8-11-5(3)9/h3-4,8H,2,7H2,1H3. The van der Waals surface area contributed by atoms with Gasteiger partial charge in [0, 0.05) is 5.64 Å². The third kappa shape index (κ3) is 1.93. The first-order chi connectivity index (χ1) is 5.61. The highest BCUT2D eigenvalue weighted by molar-refractivity contribution is 5.78. The van der Waals surface area contributed by atoms with Gasteiger partial charge in [-0.15, -0.1) is 0 Å². The van der Waals surface area contributed by atoms with Gasteiger partial charge < -0.3 is 15.4 Å². The fourth-order valence-electron chi connectivity index (χ4n) is 0.853. The first-order valence-corrected chi connectivity index (χ1v) is 3.53. The van der Waals surface area contributed by atoms with E-state index in [1.165, 1.54) is 0 Å². The molecule has 0 saturated carbocycles. The molecular formula is C6H10N2O4. The second kappa shape index (κ2) is 3.51. The molecule has 1 aliphatic rings. The predicted octanol–water partition coefficient (Wildman–Crippen LogP) is -1.14. The molecule has 0 aliphatic carbocycles. The molecule has 0 amide bonds. The van der Waals surface area contributed by atoms with Crippen LogP contribution in [0.5, 0.6) is 0 Å². The number of hydrogen-bond donors (Lipinski definition) is 2. The van der Waals surface area contributed by atoms with Crippen molar-refractivity contribution in [1.29, 1.82) is 0 Å². The van der Waals surface area contributed by atoms with E-state index in [1.54, 1.807) is 12.6 Å². The van der Waals surface area contributed by atoms with E-state index < -0.39 is 23.9 Å². The second-order valence-electron chi connectivity index (χ2n) is 2.67. The van der Waals surface area contributed by atoms with Crippen LogP contribution in [0.15, 0.2) is 0 Å². The Bertz CT molecular complexity index is 186. The van der Waals surface area contributed by atoms with Crippen LogP contribution in [0, 0.1) is 5.92 Å². The van der Waals surface area contributed by atoms with Crippen molar-refractivity contribution in [3.05, 3.63) is 0 Å². The Balaban J connectivity index is 2.60. The Morgan fingerprint density at radius 1 is 1.42 bits per heavy atom. The van der Waals surface area contributed by atoms with Gasteiger partial charge in [0.05, 0.1) is 5.92 Å². The summed E-state index contributed by atoms with van der Waals surface area (Å²) >= 11 is 0. The van der Waals surface area contributed by atoms with Gasteiger partial charge in [0.15, 0.2) is 0 Å². The minimum Gasteiger partial charge on any atom is -0.335 e. The molecule has 0 aromatic heterocycles. The highest BCUT2D eigenvalue weighted by Gasteiger charge is 2.26. The Labute approximate surface area is 68.9 Å². The smallest absolute Gasteiger partial charge is 0.335 e. The van der Waals surface area contributed by atoms with Crippen molar-refractivity contribution in [3.63, 3.8) is 0 Å². The Kier molecular flexibility index (Phi) is 2.61. The number of carbonyl (C=O) groups is 2. The summed E-state index contributed by atoms with van der Waals surface area (Å²) in [6, 6.07) is -0.777. The van der Waals surface area contributed by atoms with E-state index in [1.807, 2.05) is 0 Å². The van der Waals surface area contributed by atoms with Crippen molar-refractivity contribution in [2.75, 3.05) is 0 Å². The lowest BCUT2D eigenvalue weighted by Crippen LogP contribution is -2.42. The average molecular weight is 174 g/mol. The third-order valence-electron chi connectivity index (χ3n) is 1.60. The molecule has 0 spiro atoms. The molecule has 6 nitrogen and oxygen atoms in total. The monoisotopic (exact) mass is 174 g/mol. The number of nitrogens with two attached hydrogens (primary N) is 1. The molecule has 3 N–H and O–H groups in total. The first kappa shape index (κ1) is 8.95. The SMILES string of the molecule is CC1CC(N)C(=O)ONOC1=O. The molecule has 1 fully saturated rings. The summed E-state index contributed by atoms with van der Waals surface area (Å²) in [5.74, 6) is -1.52. The van der Waals surface area contributed by atoms with Gasteiger partial charge in [-0.25, -0.2) is 9.59 Å². The maximum absolute atomic E-state index is 10.9. The molecule has 68 valence electrons. The van der Waals surface area contributed by atoms with E-state index in [2.05, 4.69) is 9.68 Å². The number of carbonyl (C=O) groups excluding carboxylic acids is 2. The van der Waals surface area contributed by atoms with Gasteiger partial charge in [0.1, 0.15) is 6.04 Å². The fourth-order valence-corrected chi connectivity index (χ4v) is 0.853. The van der Waals surface area contributed by atoms with Gasteiger partial charge in [-0.1, -0.05) is 6.92 Å². The molecule has 1 rings (SSSR count). The lowest BCUT2D eigenvalue weighted by Gasteiger charge is -2.18. The molecule has 2 atom stereocenters. The van der Waals surface area contributed by atoms with Crippen molar-refractivity contribution in [2.24, 2.45) is 11.7 Å². The molecule has 1 saturated heterocycles. The van der Waals surface area contributed by atoms with Crippen LogP contribution in [0.4, 0.5) is 0 Å². The third-order valence-corrected chi connectivity index (χ3v) is 1.60. The molecule has 1 aliphatic heterocycles. The fraction of sp³-hybridized carbons (Fsp3) is 0.667. The quantitative estimate of drug-likeness (QED) is 0.482. The van der Waals surface area contributed by atoms with Crippen LogP contribution in [-0.2, 0) is 19.3 Å². The summed E-state index contributed by atoms with van der Waals surface area (Å²) in [6.45, 7) is 1.63. The topological polar surface area (TPSA) is 90.7 Å². The van der Waals surface area contributed by atoms with E-state index in [4.69, 9.17) is 5.73 Å². The summed E-state index contributed by atoms with van der Waals surface area (Å²) in [7, 11) is 0. The largest absolute Gasteiger partial charge is 0.345 e. The van der Waals surface area contributed by atoms with Crippen LogP contribution >= 0.6 is 0 Å². The van der Waals surface area contributed by atoms with Gasteiger partial charge in [0.2, 0.25) is 0 Å². The minimum atomic E-state index is -0.777. The van der Waals surface area contributed by atoms with E-state index >= 15 is 0 Å². The van der Waals surface area contributed by atoms with Crippen molar-refractivity contribution in [1.82, 2.24) is 5.64 Å². The average Bonchev–Trinajstić information content (AvgIpc) is 2.02. The summed E-state index contributed by atoms with van der Waals surface area (Å²) in [5, 5.41) is 0. The van der Waals surface area contributed by atoms with Gasteiger partial charge in [0.25, 0.3) is 0 Å². The highest BCUT2D eigenvalue weighted by Crippen LogP contribution is 2.09. The maximum Gasteiger partial charge on any atom is 0.345 e. The van der Waals surface area contributed by atoms with E-state index in [9.17, 15) is 9.59 Å². The van der Waals surface area contributed by atoms with Gasteiger partial charge in [-0.3, -0.25) is 0 Å². The predicted molar refractivity (Wildman–Crippen MR) is 37.1 cm³/mol.